The number of aliphatic hydroxyl groups excluding tert-OH is 1. The van der Waals surface area contributed by atoms with Crippen LogP contribution in [-0.4, -0.2) is 21.3 Å². The molecule has 3 N–H and O–H groups in total. The largest absolute Gasteiger partial charge is 0.508 e. The van der Waals surface area contributed by atoms with Crippen molar-refractivity contribution >= 4 is 5.97 Å². The number of phenols is 1. The number of aliphatic carboxylic acids is 1. The molecule has 1 unspecified atom stereocenters. The summed E-state index contributed by atoms with van der Waals surface area (Å²) in [5.74, 6) is -1.69. The fourth-order valence-corrected chi connectivity index (χ4v) is 1.31. The molecule has 1 atom stereocenters. The lowest BCUT2D eigenvalue weighted by atomic mass is 10.0. The zero-order chi connectivity index (χ0) is 12.1. The molecule has 0 fully saturated rings. The molecule has 0 radical (unpaired) electrons. The van der Waals surface area contributed by atoms with Crippen LogP contribution in [0.3, 0.4) is 0 Å². The molecule has 0 spiro atoms. The van der Waals surface area contributed by atoms with Crippen LogP contribution in [0.2, 0.25) is 0 Å². The summed E-state index contributed by atoms with van der Waals surface area (Å²) < 4.78 is 0. The summed E-state index contributed by atoms with van der Waals surface area (Å²) in [5, 5.41) is 35.7. The zero-order valence-corrected chi connectivity index (χ0v) is 8.42. The highest BCUT2D eigenvalue weighted by atomic mass is 16.4. The Balaban J connectivity index is 2.92. The molecule has 0 aliphatic heterocycles. The highest BCUT2D eigenvalue weighted by Gasteiger charge is 2.19. The first-order valence-electron chi connectivity index (χ1n) is 4.66. The van der Waals surface area contributed by atoms with Crippen LogP contribution in [0.15, 0.2) is 18.2 Å². The third-order valence-electron chi connectivity index (χ3n) is 2.15. The van der Waals surface area contributed by atoms with E-state index in [0.717, 1.165) is 5.56 Å². The highest BCUT2D eigenvalue weighted by molar-refractivity contribution is 5.75. The van der Waals surface area contributed by atoms with Crippen LogP contribution in [0.25, 0.3) is 0 Å². The molecule has 0 amide bonds. The lowest BCUT2D eigenvalue weighted by molar-refractivity contribution is -0.147. The number of hydrogen-bond donors (Lipinski definition) is 3. The lowest BCUT2D eigenvalue weighted by Gasteiger charge is -2.09. The van der Waals surface area contributed by atoms with Gasteiger partial charge in [0.1, 0.15) is 5.75 Å². The number of aryl methyl sites for hydroxylation is 1. The Kier molecular flexibility index (Phi) is 3.86. The summed E-state index contributed by atoms with van der Waals surface area (Å²) in [7, 11) is 0. The van der Waals surface area contributed by atoms with E-state index in [1.165, 1.54) is 12.1 Å². The fourth-order valence-electron chi connectivity index (χ4n) is 1.31. The Morgan fingerprint density at radius 1 is 1.50 bits per heavy atom. The molecule has 0 aromatic heterocycles. The van der Waals surface area contributed by atoms with E-state index < -0.39 is 12.1 Å². The summed E-state index contributed by atoms with van der Waals surface area (Å²) in [5.41, 5.74) is 0.675. The Labute approximate surface area is 92.2 Å². The quantitative estimate of drug-likeness (QED) is 0.703. The minimum atomic E-state index is -1.73. The third-order valence-corrected chi connectivity index (χ3v) is 2.15. The standard InChI is InChI=1S/C11H11NO4/c12-5-1-2-7-3-4-8(9(13)6-7)10(14)11(15)16/h3-4,6,10,13-14H,1-2H2,(H,15,16). The number of aromatic hydroxyl groups is 1. The van der Waals surface area contributed by atoms with Gasteiger partial charge >= 0.3 is 5.97 Å². The van der Waals surface area contributed by atoms with Crippen molar-refractivity contribution in [3.8, 4) is 11.8 Å². The van der Waals surface area contributed by atoms with E-state index >= 15 is 0 Å². The van der Waals surface area contributed by atoms with Gasteiger partial charge in [0, 0.05) is 12.0 Å². The summed E-state index contributed by atoms with van der Waals surface area (Å²) in [6.45, 7) is 0. The van der Waals surface area contributed by atoms with E-state index in [0.29, 0.717) is 12.8 Å². The van der Waals surface area contributed by atoms with E-state index in [2.05, 4.69) is 0 Å². The first-order valence-corrected chi connectivity index (χ1v) is 4.66. The first-order chi connectivity index (χ1) is 7.56. The van der Waals surface area contributed by atoms with Crippen molar-refractivity contribution in [2.75, 3.05) is 0 Å². The number of rotatable bonds is 4. The van der Waals surface area contributed by atoms with Gasteiger partial charge in [-0.25, -0.2) is 4.79 Å². The van der Waals surface area contributed by atoms with Crippen molar-refractivity contribution < 1.29 is 20.1 Å². The molecule has 16 heavy (non-hydrogen) atoms. The average molecular weight is 221 g/mol. The minimum absolute atomic E-state index is 0.0480. The second kappa shape index (κ2) is 5.14. The van der Waals surface area contributed by atoms with Gasteiger partial charge < -0.3 is 15.3 Å². The van der Waals surface area contributed by atoms with Gasteiger partial charge in [0.2, 0.25) is 0 Å². The van der Waals surface area contributed by atoms with Crippen LogP contribution < -0.4 is 0 Å². The van der Waals surface area contributed by atoms with E-state index in [1.807, 2.05) is 6.07 Å². The molecular weight excluding hydrogens is 210 g/mol. The highest BCUT2D eigenvalue weighted by Crippen LogP contribution is 2.25. The molecule has 1 rings (SSSR count). The van der Waals surface area contributed by atoms with E-state index in [1.54, 1.807) is 6.07 Å². The number of benzene rings is 1. The van der Waals surface area contributed by atoms with Gasteiger partial charge in [0.15, 0.2) is 6.10 Å². The molecule has 0 saturated carbocycles. The third kappa shape index (κ3) is 2.72. The van der Waals surface area contributed by atoms with Crippen LogP contribution in [-0.2, 0) is 11.2 Å². The van der Waals surface area contributed by atoms with Gasteiger partial charge in [-0.1, -0.05) is 12.1 Å². The molecule has 0 saturated heterocycles. The van der Waals surface area contributed by atoms with Crippen LogP contribution in [0.5, 0.6) is 5.75 Å². The molecule has 1 aromatic rings. The maximum absolute atomic E-state index is 10.5. The van der Waals surface area contributed by atoms with Crippen LogP contribution in [0.4, 0.5) is 0 Å². The van der Waals surface area contributed by atoms with Gasteiger partial charge in [-0.3, -0.25) is 0 Å². The Morgan fingerprint density at radius 3 is 2.69 bits per heavy atom. The molecule has 5 nitrogen and oxygen atoms in total. The Bertz CT molecular complexity index is 436. The molecule has 0 heterocycles. The number of carboxylic acid groups (broad SMARTS) is 1. The first kappa shape index (κ1) is 12.0. The van der Waals surface area contributed by atoms with Crippen molar-refractivity contribution in [3.63, 3.8) is 0 Å². The number of aliphatic hydroxyl groups is 1. The van der Waals surface area contributed by atoms with Gasteiger partial charge in [-0.2, -0.15) is 5.26 Å². The monoisotopic (exact) mass is 221 g/mol. The van der Waals surface area contributed by atoms with Gasteiger partial charge in [-0.05, 0) is 18.1 Å². The van der Waals surface area contributed by atoms with Crippen molar-refractivity contribution in [2.45, 2.75) is 18.9 Å². The van der Waals surface area contributed by atoms with Gasteiger partial charge in [0.25, 0.3) is 0 Å². The number of nitriles is 1. The number of phenolic OH excluding ortho intramolecular Hbond substituents is 1. The summed E-state index contributed by atoms with van der Waals surface area (Å²) in [4.78, 5) is 10.5. The summed E-state index contributed by atoms with van der Waals surface area (Å²) in [6.07, 6.45) is -0.932. The predicted molar refractivity (Wildman–Crippen MR) is 54.6 cm³/mol. The lowest BCUT2D eigenvalue weighted by Crippen LogP contribution is -2.10. The SMILES string of the molecule is N#CCCc1ccc(C(O)C(=O)O)c(O)c1. The van der Waals surface area contributed by atoms with Gasteiger partial charge in [0.05, 0.1) is 6.07 Å². The molecule has 5 heteroatoms. The zero-order valence-electron chi connectivity index (χ0n) is 8.42. The number of carboxylic acids is 1. The second-order valence-electron chi connectivity index (χ2n) is 3.29. The molecule has 84 valence electrons. The molecule has 0 aliphatic carbocycles. The topological polar surface area (TPSA) is 102 Å². The molecule has 0 bridgehead atoms. The maximum Gasteiger partial charge on any atom is 0.337 e. The van der Waals surface area contributed by atoms with Crippen LogP contribution in [0, 0.1) is 11.3 Å². The van der Waals surface area contributed by atoms with Crippen molar-refractivity contribution in [2.24, 2.45) is 0 Å². The number of carbonyl (C=O) groups is 1. The smallest absolute Gasteiger partial charge is 0.337 e. The van der Waals surface area contributed by atoms with E-state index in [4.69, 9.17) is 10.4 Å². The average Bonchev–Trinajstić information content (AvgIpc) is 2.25. The number of nitrogens with zero attached hydrogens (tertiary/aromatic N) is 1. The Morgan fingerprint density at radius 2 is 2.19 bits per heavy atom. The molecule has 0 aliphatic rings. The van der Waals surface area contributed by atoms with Crippen molar-refractivity contribution in [1.29, 1.82) is 5.26 Å². The van der Waals surface area contributed by atoms with Crippen molar-refractivity contribution in [1.82, 2.24) is 0 Å². The Hall–Kier alpha value is -2.06. The van der Waals surface area contributed by atoms with Crippen LogP contribution in [0.1, 0.15) is 23.7 Å². The molecule has 1 aromatic carbocycles. The minimum Gasteiger partial charge on any atom is -0.508 e. The van der Waals surface area contributed by atoms with Crippen molar-refractivity contribution in [3.05, 3.63) is 29.3 Å². The predicted octanol–water partition coefficient (Wildman–Crippen LogP) is 0.966. The summed E-state index contributed by atoms with van der Waals surface area (Å²) in [6, 6.07) is 6.26. The fraction of sp³-hybridized carbons (Fsp3) is 0.273. The summed E-state index contributed by atoms with van der Waals surface area (Å²) >= 11 is 0. The maximum atomic E-state index is 10.5. The van der Waals surface area contributed by atoms with Crippen LogP contribution >= 0.6 is 0 Å². The normalized spacial score (nSPS) is 11.8. The van der Waals surface area contributed by atoms with E-state index in [9.17, 15) is 15.0 Å². The number of hydrogen-bond acceptors (Lipinski definition) is 4. The van der Waals surface area contributed by atoms with E-state index in [-0.39, 0.29) is 11.3 Å². The van der Waals surface area contributed by atoms with Gasteiger partial charge in [-0.15, -0.1) is 0 Å². The second-order valence-corrected chi connectivity index (χ2v) is 3.29. The molecular formula is C11H11NO4.